The van der Waals surface area contributed by atoms with Gasteiger partial charge in [0.15, 0.2) is 0 Å². The van der Waals surface area contributed by atoms with E-state index in [-0.39, 0.29) is 23.7 Å². The molecule has 0 spiro atoms. The number of carbonyl (C=O) groups excluding carboxylic acids is 2. The zero-order valence-corrected chi connectivity index (χ0v) is 10.5. The van der Waals surface area contributed by atoms with Crippen LogP contribution in [0, 0.1) is 23.7 Å². The minimum Gasteiger partial charge on any atom is -0.469 e. The molecule has 3 heteroatoms. The Labute approximate surface area is 102 Å². The van der Waals surface area contributed by atoms with E-state index in [0.29, 0.717) is 18.1 Å². The maximum atomic E-state index is 12.3. The molecule has 0 bridgehead atoms. The summed E-state index contributed by atoms with van der Waals surface area (Å²) < 4.78 is 4.71. The van der Waals surface area contributed by atoms with Crippen LogP contribution in [0.25, 0.3) is 0 Å². The van der Waals surface area contributed by atoms with E-state index in [2.05, 4.69) is 6.08 Å². The molecule has 2 aliphatic rings. The first-order valence-corrected chi connectivity index (χ1v) is 6.40. The molecule has 2 rings (SSSR count). The molecule has 0 aromatic rings. The first kappa shape index (κ1) is 12.3. The molecule has 17 heavy (non-hydrogen) atoms. The van der Waals surface area contributed by atoms with E-state index in [1.54, 1.807) is 0 Å². The fourth-order valence-electron chi connectivity index (χ4n) is 3.19. The number of carbonyl (C=O) groups is 2. The van der Waals surface area contributed by atoms with Gasteiger partial charge in [-0.1, -0.05) is 19.1 Å². The van der Waals surface area contributed by atoms with Gasteiger partial charge in [0.2, 0.25) is 0 Å². The lowest BCUT2D eigenvalue weighted by Gasteiger charge is -2.39. The van der Waals surface area contributed by atoms with Gasteiger partial charge in [-0.05, 0) is 31.1 Å². The van der Waals surface area contributed by atoms with Crippen molar-refractivity contribution >= 4 is 11.8 Å². The Hall–Kier alpha value is -1.12. The first-order chi connectivity index (χ1) is 8.13. The number of ether oxygens (including phenoxy) is 1. The molecule has 94 valence electrons. The number of fused-ring (bicyclic) bond motifs is 1. The van der Waals surface area contributed by atoms with Crippen LogP contribution in [0.15, 0.2) is 12.2 Å². The van der Waals surface area contributed by atoms with Gasteiger partial charge in [-0.15, -0.1) is 0 Å². The Morgan fingerprint density at radius 2 is 2.24 bits per heavy atom. The lowest BCUT2D eigenvalue weighted by atomic mass is 9.64. The number of Topliss-reactive ketones (excluding diaryl/α,β-unsaturated/α-hetero) is 1. The monoisotopic (exact) mass is 236 g/mol. The van der Waals surface area contributed by atoms with Crippen molar-refractivity contribution in [2.45, 2.75) is 32.6 Å². The zero-order chi connectivity index (χ0) is 12.4. The van der Waals surface area contributed by atoms with Crippen LogP contribution in [0.2, 0.25) is 0 Å². The number of rotatable bonds is 2. The van der Waals surface area contributed by atoms with Gasteiger partial charge in [-0.3, -0.25) is 9.59 Å². The highest BCUT2D eigenvalue weighted by Gasteiger charge is 2.41. The van der Waals surface area contributed by atoms with E-state index >= 15 is 0 Å². The Bertz CT molecular complexity index is 345. The summed E-state index contributed by atoms with van der Waals surface area (Å²) in [6.07, 6.45) is 7.60. The van der Waals surface area contributed by atoms with E-state index in [0.717, 1.165) is 19.3 Å². The molecule has 3 nitrogen and oxygen atoms in total. The third kappa shape index (κ3) is 2.43. The van der Waals surface area contributed by atoms with Gasteiger partial charge in [-0.2, -0.15) is 0 Å². The quantitative estimate of drug-likeness (QED) is 0.546. The van der Waals surface area contributed by atoms with Gasteiger partial charge >= 0.3 is 5.97 Å². The number of ketones is 1. The average Bonchev–Trinajstić information content (AvgIpc) is 2.34. The van der Waals surface area contributed by atoms with Gasteiger partial charge in [0.1, 0.15) is 5.78 Å². The average molecular weight is 236 g/mol. The van der Waals surface area contributed by atoms with Crippen molar-refractivity contribution in [3.05, 3.63) is 12.2 Å². The van der Waals surface area contributed by atoms with Crippen LogP contribution in [-0.4, -0.2) is 18.9 Å². The van der Waals surface area contributed by atoms with Crippen molar-refractivity contribution in [3.8, 4) is 0 Å². The lowest BCUT2D eigenvalue weighted by molar-refractivity contribution is -0.143. The lowest BCUT2D eigenvalue weighted by Crippen LogP contribution is -2.40. The van der Waals surface area contributed by atoms with Crippen LogP contribution in [0.4, 0.5) is 0 Å². The predicted molar refractivity (Wildman–Crippen MR) is 64.3 cm³/mol. The molecule has 0 saturated heterocycles. The van der Waals surface area contributed by atoms with Gasteiger partial charge in [0.05, 0.1) is 13.5 Å². The summed E-state index contributed by atoms with van der Waals surface area (Å²) in [6, 6.07) is 0. The molecule has 0 heterocycles. The van der Waals surface area contributed by atoms with Gasteiger partial charge in [0, 0.05) is 11.8 Å². The maximum Gasteiger partial charge on any atom is 0.306 e. The van der Waals surface area contributed by atoms with Crippen molar-refractivity contribution < 1.29 is 14.3 Å². The van der Waals surface area contributed by atoms with Crippen molar-refractivity contribution in [3.63, 3.8) is 0 Å². The molecule has 2 aliphatic carbocycles. The Morgan fingerprint density at radius 3 is 2.94 bits per heavy atom. The molecule has 0 unspecified atom stereocenters. The highest BCUT2D eigenvalue weighted by Crippen LogP contribution is 2.42. The molecule has 4 atom stereocenters. The molecule has 1 fully saturated rings. The Balaban J connectivity index is 2.14. The summed E-state index contributed by atoms with van der Waals surface area (Å²) in [5.74, 6) is 0.825. The number of hydrogen-bond donors (Lipinski definition) is 0. The van der Waals surface area contributed by atoms with Crippen LogP contribution in [0.3, 0.4) is 0 Å². The second-order valence-electron chi connectivity index (χ2n) is 5.27. The van der Waals surface area contributed by atoms with Crippen molar-refractivity contribution in [2.75, 3.05) is 7.11 Å². The number of hydrogen-bond acceptors (Lipinski definition) is 3. The molecule has 0 radical (unpaired) electrons. The van der Waals surface area contributed by atoms with Crippen molar-refractivity contribution in [2.24, 2.45) is 23.7 Å². The summed E-state index contributed by atoms with van der Waals surface area (Å²) in [5, 5.41) is 0. The fraction of sp³-hybridized carbons (Fsp3) is 0.714. The van der Waals surface area contributed by atoms with Crippen molar-refractivity contribution in [1.29, 1.82) is 0 Å². The Morgan fingerprint density at radius 1 is 1.47 bits per heavy atom. The predicted octanol–water partition coefficient (Wildman–Crippen LogP) is 2.36. The second-order valence-corrected chi connectivity index (χ2v) is 5.27. The third-order valence-corrected chi connectivity index (χ3v) is 4.21. The number of allylic oxidation sites excluding steroid dienone is 2. The van der Waals surface area contributed by atoms with E-state index in [1.165, 1.54) is 7.11 Å². The second kappa shape index (κ2) is 5.03. The van der Waals surface area contributed by atoms with Gasteiger partial charge < -0.3 is 4.74 Å². The molecule has 1 saturated carbocycles. The first-order valence-electron chi connectivity index (χ1n) is 6.40. The number of methoxy groups -OCH3 is 1. The summed E-state index contributed by atoms with van der Waals surface area (Å²) in [5.41, 5.74) is 0. The summed E-state index contributed by atoms with van der Waals surface area (Å²) in [4.78, 5) is 23.6. The van der Waals surface area contributed by atoms with E-state index in [1.807, 2.05) is 13.0 Å². The topological polar surface area (TPSA) is 43.4 Å². The van der Waals surface area contributed by atoms with E-state index in [4.69, 9.17) is 4.74 Å². The van der Waals surface area contributed by atoms with E-state index in [9.17, 15) is 9.59 Å². The summed E-state index contributed by atoms with van der Waals surface area (Å²) in [7, 11) is 1.40. The highest BCUT2D eigenvalue weighted by atomic mass is 16.5. The minimum absolute atomic E-state index is 0.0443. The summed E-state index contributed by atoms with van der Waals surface area (Å²) >= 11 is 0. The van der Waals surface area contributed by atoms with Crippen LogP contribution >= 0.6 is 0 Å². The normalized spacial score (nSPS) is 36.5. The van der Waals surface area contributed by atoms with Gasteiger partial charge in [-0.25, -0.2) is 0 Å². The van der Waals surface area contributed by atoms with Crippen LogP contribution in [0.1, 0.15) is 32.6 Å². The van der Waals surface area contributed by atoms with Crippen LogP contribution < -0.4 is 0 Å². The molecule has 0 aliphatic heterocycles. The third-order valence-electron chi connectivity index (χ3n) is 4.21. The number of esters is 1. The smallest absolute Gasteiger partial charge is 0.306 e. The van der Waals surface area contributed by atoms with Crippen molar-refractivity contribution in [1.82, 2.24) is 0 Å². The Kier molecular flexibility index (Phi) is 3.65. The molecule has 0 aromatic heterocycles. The zero-order valence-electron chi connectivity index (χ0n) is 10.5. The standard InChI is InChI=1S/C14H20O3/c1-9-6-7-10-4-3-5-11(8-12(15)17-2)13(10)14(9)16/h3,5,9-11,13H,4,6-8H2,1-2H3/t9-,10+,11-,13+/m0/s1. The molecule has 0 N–H and O–H groups in total. The SMILES string of the molecule is COC(=O)C[C@@H]1C=CC[C@@H]2CC[C@H](C)C(=O)[C@H]21. The maximum absolute atomic E-state index is 12.3. The molecule has 0 aromatic carbocycles. The van der Waals surface area contributed by atoms with Crippen LogP contribution in [-0.2, 0) is 14.3 Å². The minimum atomic E-state index is -0.216. The molecule has 0 amide bonds. The molecular formula is C14H20O3. The summed E-state index contributed by atoms with van der Waals surface area (Å²) in [6.45, 7) is 2.01. The highest BCUT2D eigenvalue weighted by molar-refractivity contribution is 5.85. The van der Waals surface area contributed by atoms with Crippen LogP contribution in [0.5, 0.6) is 0 Å². The van der Waals surface area contributed by atoms with E-state index < -0.39 is 0 Å². The van der Waals surface area contributed by atoms with Gasteiger partial charge in [0.25, 0.3) is 0 Å². The molecular weight excluding hydrogens is 216 g/mol. The fourth-order valence-corrected chi connectivity index (χ4v) is 3.19. The largest absolute Gasteiger partial charge is 0.469 e.